The van der Waals surface area contributed by atoms with Gasteiger partial charge in [-0.25, -0.2) is 0 Å². The molecule has 0 aliphatic carbocycles. The highest BCUT2D eigenvalue weighted by Crippen LogP contribution is 2.09. The summed E-state index contributed by atoms with van der Waals surface area (Å²) >= 11 is 1.67. The molecule has 0 aromatic carbocycles. The Labute approximate surface area is 118 Å². The van der Waals surface area contributed by atoms with Crippen LogP contribution < -0.4 is 11.1 Å². The molecule has 0 radical (unpaired) electrons. The number of likely N-dealkylation sites (tertiary alicyclic amines) is 1. The summed E-state index contributed by atoms with van der Waals surface area (Å²) in [4.78, 5) is 15.1. The lowest BCUT2D eigenvalue weighted by atomic mass is 10.1. The number of amides is 1. The van der Waals surface area contributed by atoms with E-state index >= 15 is 0 Å². The maximum Gasteiger partial charge on any atom is 0.234 e. The number of hydrogen-bond donors (Lipinski definition) is 2. The molecule has 1 aromatic rings. The predicted octanol–water partition coefficient (Wildman–Crippen LogP) is 1.21. The van der Waals surface area contributed by atoms with Crippen molar-refractivity contribution >= 4 is 29.7 Å². The monoisotopic (exact) mass is 289 g/mol. The molecule has 102 valence electrons. The van der Waals surface area contributed by atoms with Crippen LogP contribution >= 0.6 is 23.7 Å². The molecule has 0 unspecified atom stereocenters. The molecule has 1 amide bonds. The first kappa shape index (κ1) is 15.4. The first-order valence-corrected chi connectivity index (χ1v) is 6.89. The third-order valence-electron chi connectivity index (χ3n) is 3.04. The Bertz CT molecular complexity index is 350. The number of nitrogens with one attached hydrogen (secondary N) is 1. The van der Waals surface area contributed by atoms with E-state index in [1.54, 1.807) is 11.3 Å². The summed E-state index contributed by atoms with van der Waals surface area (Å²) in [5.74, 6) is 0.105. The number of halogens is 1. The summed E-state index contributed by atoms with van der Waals surface area (Å²) in [7, 11) is 0. The van der Waals surface area contributed by atoms with E-state index in [0.29, 0.717) is 19.1 Å². The quantitative estimate of drug-likeness (QED) is 0.876. The van der Waals surface area contributed by atoms with Crippen molar-refractivity contribution in [1.29, 1.82) is 0 Å². The normalized spacial score (nSPS) is 17.2. The molecule has 0 saturated carbocycles. The van der Waals surface area contributed by atoms with E-state index in [2.05, 4.69) is 10.2 Å². The van der Waals surface area contributed by atoms with Gasteiger partial charge in [-0.15, -0.1) is 23.7 Å². The molecule has 4 nitrogen and oxygen atoms in total. The molecule has 0 spiro atoms. The van der Waals surface area contributed by atoms with Gasteiger partial charge in [0.05, 0.1) is 13.1 Å². The second kappa shape index (κ2) is 7.74. The molecule has 1 saturated heterocycles. The summed E-state index contributed by atoms with van der Waals surface area (Å²) in [6.45, 7) is 3.02. The molecule has 2 rings (SSSR count). The fraction of sp³-hybridized carbons (Fsp3) is 0.583. The third-order valence-corrected chi connectivity index (χ3v) is 3.92. The number of carbonyl (C=O) groups excluding carboxylic acids is 1. The average Bonchev–Trinajstić information content (AvgIpc) is 2.83. The minimum Gasteiger partial charge on any atom is -0.350 e. The number of piperidine rings is 1. The fourth-order valence-corrected chi connectivity index (χ4v) is 2.61. The Kier molecular flexibility index (Phi) is 6.63. The van der Waals surface area contributed by atoms with Crippen molar-refractivity contribution in [3.05, 3.63) is 22.4 Å². The van der Waals surface area contributed by atoms with Gasteiger partial charge in [0, 0.05) is 24.0 Å². The molecule has 0 atom stereocenters. The maximum absolute atomic E-state index is 11.7. The second-order valence-electron chi connectivity index (χ2n) is 4.47. The molecule has 3 N–H and O–H groups in total. The van der Waals surface area contributed by atoms with Crippen LogP contribution in [0, 0.1) is 0 Å². The van der Waals surface area contributed by atoms with Crippen molar-refractivity contribution in [2.24, 2.45) is 5.73 Å². The van der Waals surface area contributed by atoms with Gasteiger partial charge in [0.1, 0.15) is 0 Å². The molecule has 2 heterocycles. The van der Waals surface area contributed by atoms with Crippen LogP contribution in [0.1, 0.15) is 17.7 Å². The van der Waals surface area contributed by atoms with Gasteiger partial charge in [0.2, 0.25) is 5.91 Å². The van der Waals surface area contributed by atoms with Crippen LogP contribution in [0.25, 0.3) is 0 Å². The number of nitrogens with two attached hydrogens (primary N) is 1. The van der Waals surface area contributed by atoms with E-state index in [9.17, 15) is 4.79 Å². The van der Waals surface area contributed by atoms with E-state index in [-0.39, 0.29) is 18.3 Å². The average molecular weight is 290 g/mol. The number of nitrogens with zero attached hydrogens (tertiary/aromatic N) is 1. The summed E-state index contributed by atoms with van der Waals surface area (Å²) in [5.41, 5.74) is 5.82. The summed E-state index contributed by atoms with van der Waals surface area (Å²) in [6.07, 6.45) is 2.00. The van der Waals surface area contributed by atoms with Crippen molar-refractivity contribution in [2.45, 2.75) is 25.4 Å². The molecule has 1 fully saturated rings. The van der Waals surface area contributed by atoms with Gasteiger partial charge in [-0.1, -0.05) is 6.07 Å². The lowest BCUT2D eigenvalue weighted by Gasteiger charge is -2.29. The standard InChI is InChI=1S/C12H19N3OS.ClH/c13-10-3-5-15(6-4-10)9-12(16)14-8-11-2-1-7-17-11;/h1-2,7,10H,3-6,8-9,13H2,(H,14,16);1H. The van der Waals surface area contributed by atoms with E-state index < -0.39 is 0 Å². The van der Waals surface area contributed by atoms with Gasteiger partial charge in [-0.3, -0.25) is 9.69 Å². The topological polar surface area (TPSA) is 58.4 Å². The van der Waals surface area contributed by atoms with Gasteiger partial charge >= 0.3 is 0 Å². The molecular formula is C12H20ClN3OS. The first-order valence-electron chi connectivity index (χ1n) is 6.01. The van der Waals surface area contributed by atoms with Gasteiger partial charge in [0.15, 0.2) is 0 Å². The Balaban J connectivity index is 0.00000162. The smallest absolute Gasteiger partial charge is 0.234 e. The van der Waals surface area contributed by atoms with Crippen LogP contribution in [-0.4, -0.2) is 36.5 Å². The number of thiophene rings is 1. The van der Waals surface area contributed by atoms with Crippen LogP contribution in [0.4, 0.5) is 0 Å². The zero-order valence-electron chi connectivity index (χ0n) is 10.3. The summed E-state index contributed by atoms with van der Waals surface area (Å²) < 4.78 is 0. The second-order valence-corrected chi connectivity index (χ2v) is 5.50. The Morgan fingerprint density at radius 1 is 1.50 bits per heavy atom. The zero-order chi connectivity index (χ0) is 12.1. The molecule has 1 aliphatic rings. The molecule has 1 aromatic heterocycles. The molecule has 1 aliphatic heterocycles. The van der Waals surface area contributed by atoms with Crippen LogP contribution in [0.15, 0.2) is 17.5 Å². The van der Waals surface area contributed by atoms with Crippen molar-refractivity contribution in [1.82, 2.24) is 10.2 Å². The van der Waals surface area contributed by atoms with Crippen LogP contribution in [0.5, 0.6) is 0 Å². The van der Waals surface area contributed by atoms with Crippen molar-refractivity contribution in [2.75, 3.05) is 19.6 Å². The highest BCUT2D eigenvalue weighted by molar-refractivity contribution is 7.09. The largest absolute Gasteiger partial charge is 0.350 e. The summed E-state index contributed by atoms with van der Waals surface area (Å²) in [6, 6.07) is 4.35. The van der Waals surface area contributed by atoms with Gasteiger partial charge in [-0.05, 0) is 24.3 Å². The van der Waals surface area contributed by atoms with Crippen molar-refractivity contribution in [3.63, 3.8) is 0 Å². The fourth-order valence-electron chi connectivity index (χ4n) is 1.97. The van der Waals surface area contributed by atoms with Gasteiger partial charge in [-0.2, -0.15) is 0 Å². The molecular weight excluding hydrogens is 270 g/mol. The minimum absolute atomic E-state index is 0. The maximum atomic E-state index is 11.7. The van der Waals surface area contributed by atoms with Crippen molar-refractivity contribution < 1.29 is 4.79 Å². The highest BCUT2D eigenvalue weighted by Gasteiger charge is 2.17. The van der Waals surface area contributed by atoms with Crippen LogP contribution in [0.3, 0.4) is 0 Å². The van der Waals surface area contributed by atoms with Crippen LogP contribution in [-0.2, 0) is 11.3 Å². The Morgan fingerprint density at radius 3 is 2.83 bits per heavy atom. The van der Waals surface area contributed by atoms with Crippen molar-refractivity contribution in [3.8, 4) is 0 Å². The number of hydrogen-bond acceptors (Lipinski definition) is 4. The van der Waals surface area contributed by atoms with E-state index in [1.807, 2.05) is 17.5 Å². The lowest BCUT2D eigenvalue weighted by Crippen LogP contribution is -2.44. The molecule has 0 bridgehead atoms. The molecule has 6 heteroatoms. The van der Waals surface area contributed by atoms with Gasteiger partial charge < -0.3 is 11.1 Å². The molecule has 18 heavy (non-hydrogen) atoms. The van der Waals surface area contributed by atoms with E-state index in [1.165, 1.54) is 4.88 Å². The van der Waals surface area contributed by atoms with E-state index in [4.69, 9.17) is 5.73 Å². The van der Waals surface area contributed by atoms with Crippen LogP contribution in [0.2, 0.25) is 0 Å². The van der Waals surface area contributed by atoms with E-state index in [0.717, 1.165) is 25.9 Å². The highest BCUT2D eigenvalue weighted by atomic mass is 35.5. The minimum atomic E-state index is 0. The number of rotatable bonds is 4. The first-order chi connectivity index (χ1) is 8.24. The Morgan fingerprint density at radius 2 is 2.22 bits per heavy atom. The number of carbonyl (C=O) groups is 1. The van der Waals surface area contributed by atoms with Gasteiger partial charge in [0.25, 0.3) is 0 Å². The Hall–Kier alpha value is -0.620. The lowest BCUT2D eigenvalue weighted by molar-refractivity contribution is -0.122. The third kappa shape index (κ3) is 4.94. The zero-order valence-corrected chi connectivity index (χ0v) is 11.9. The predicted molar refractivity (Wildman–Crippen MR) is 77.1 cm³/mol. The SMILES string of the molecule is Cl.NC1CCN(CC(=O)NCc2cccs2)CC1. The summed E-state index contributed by atoms with van der Waals surface area (Å²) in [5, 5.41) is 4.96.